The van der Waals surface area contributed by atoms with Crippen molar-refractivity contribution >= 4 is 17.3 Å². The van der Waals surface area contributed by atoms with E-state index in [1.165, 1.54) is 15.3 Å². The van der Waals surface area contributed by atoms with E-state index in [0.717, 1.165) is 0 Å². The second-order valence-corrected chi connectivity index (χ2v) is 7.91. The van der Waals surface area contributed by atoms with E-state index < -0.39 is 5.97 Å². The maximum absolute atomic E-state index is 10.7. The van der Waals surface area contributed by atoms with E-state index in [1.807, 2.05) is 11.3 Å². The summed E-state index contributed by atoms with van der Waals surface area (Å²) >= 11 is 1.83. The third-order valence-electron chi connectivity index (χ3n) is 2.84. The van der Waals surface area contributed by atoms with Gasteiger partial charge in [0.15, 0.2) is 0 Å². The molecule has 1 aromatic rings. The van der Waals surface area contributed by atoms with Crippen LogP contribution in [0.25, 0.3) is 0 Å². The highest BCUT2D eigenvalue weighted by molar-refractivity contribution is 7.12. The van der Waals surface area contributed by atoms with E-state index in [9.17, 15) is 4.79 Å². The highest BCUT2D eigenvalue weighted by Crippen LogP contribution is 2.39. The first kappa shape index (κ1) is 15.2. The average Bonchev–Trinajstić information content (AvgIpc) is 2.56. The van der Waals surface area contributed by atoms with Crippen LogP contribution in [-0.4, -0.2) is 11.1 Å². The third-order valence-corrected chi connectivity index (χ3v) is 4.87. The molecule has 0 saturated heterocycles. The van der Waals surface area contributed by atoms with Crippen LogP contribution < -0.4 is 0 Å². The van der Waals surface area contributed by atoms with E-state index in [4.69, 9.17) is 5.11 Å². The van der Waals surface area contributed by atoms with Crippen LogP contribution in [0.5, 0.6) is 0 Å². The van der Waals surface area contributed by atoms with Gasteiger partial charge in [-0.2, -0.15) is 0 Å². The van der Waals surface area contributed by atoms with Crippen molar-refractivity contribution in [3.05, 3.63) is 21.4 Å². The van der Waals surface area contributed by atoms with E-state index in [1.54, 1.807) is 0 Å². The first-order chi connectivity index (χ1) is 8.01. The summed E-state index contributed by atoms with van der Waals surface area (Å²) in [4.78, 5) is 13.4. The minimum absolute atomic E-state index is 0.0853. The number of hydrogen-bond acceptors (Lipinski definition) is 2. The number of aliphatic carboxylic acids is 1. The standard InChI is InChI=1S/C15H24O2S/c1-14(2,3)11-9-10(7-8-12(16)17)13(18-11)15(4,5)6/h9H,7-8H2,1-6H3,(H,16,17). The predicted octanol–water partition coefficient (Wildman–Crippen LogP) is 4.36. The summed E-state index contributed by atoms with van der Waals surface area (Å²) in [5.41, 5.74) is 1.42. The van der Waals surface area contributed by atoms with Crippen LogP contribution in [0.4, 0.5) is 0 Å². The lowest BCUT2D eigenvalue weighted by atomic mass is 9.88. The summed E-state index contributed by atoms with van der Waals surface area (Å²) in [5.74, 6) is -0.724. The summed E-state index contributed by atoms with van der Waals surface area (Å²) in [6, 6.07) is 2.20. The van der Waals surface area contributed by atoms with Crippen molar-refractivity contribution < 1.29 is 9.90 Å². The second-order valence-electron chi connectivity index (χ2n) is 6.86. The fourth-order valence-corrected chi connectivity index (χ4v) is 3.19. The summed E-state index contributed by atoms with van der Waals surface area (Å²) in [5, 5.41) is 8.84. The van der Waals surface area contributed by atoms with Gasteiger partial charge < -0.3 is 5.11 Å². The number of hydrogen-bond donors (Lipinski definition) is 1. The lowest BCUT2D eigenvalue weighted by Crippen LogP contribution is -2.12. The number of carboxylic acids is 1. The molecule has 0 aromatic carbocycles. The van der Waals surface area contributed by atoms with Gasteiger partial charge in [0.25, 0.3) is 0 Å². The summed E-state index contributed by atoms with van der Waals surface area (Å²) in [6.07, 6.45) is 0.845. The number of carboxylic acid groups (broad SMARTS) is 1. The minimum atomic E-state index is -0.724. The van der Waals surface area contributed by atoms with Gasteiger partial charge in [-0.1, -0.05) is 41.5 Å². The Bertz CT molecular complexity index is 430. The van der Waals surface area contributed by atoms with Crippen LogP contribution in [0, 0.1) is 0 Å². The Morgan fingerprint density at radius 1 is 1.17 bits per heavy atom. The number of thiophene rings is 1. The van der Waals surface area contributed by atoms with Gasteiger partial charge in [-0.3, -0.25) is 4.79 Å². The normalized spacial score (nSPS) is 12.8. The highest BCUT2D eigenvalue weighted by atomic mass is 32.1. The Labute approximate surface area is 114 Å². The molecule has 1 rings (SSSR count). The minimum Gasteiger partial charge on any atom is -0.481 e. The third kappa shape index (κ3) is 3.84. The van der Waals surface area contributed by atoms with Gasteiger partial charge in [0.05, 0.1) is 0 Å². The molecular weight excluding hydrogens is 244 g/mol. The Hall–Kier alpha value is -0.830. The van der Waals surface area contributed by atoms with Gasteiger partial charge in [-0.05, 0) is 28.9 Å². The Morgan fingerprint density at radius 2 is 1.72 bits per heavy atom. The summed E-state index contributed by atoms with van der Waals surface area (Å²) < 4.78 is 0. The smallest absolute Gasteiger partial charge is 0.303 e. The molecule has 0 unspecified atom stereocenters. The second kappa shape index (κ2) is 5.04. The molecule has 0 spiro atoms. The predicted molar refractivity (Wildman–Crippen MR) is 77.7 cm³/mol. The van der Waals surface area contributed by atoms with E-state index in [0.29, 0.717) is 6.42 Å². The number of carbonyl (C=O) groups is 1. The van der Waals surface area contributed by atoms with Gasteiger partial charge >= 0.3 is 5.97 Å². The quantitative estimate of drug-likeness (QED) is 0.884. The molecule has 0 saturated carbocycles. The SMILES string of the molecule is CC(C)(C)c1cc(CCC(=O)O)c(C(C)(C)C)s1. The fraction of sp³-hybridized carbons (Fsp3) is 0.667. The van der Waals surface area contributed by atoms with Crippen LogP contribution in [0.1, 0.15) is 63.3 Å². The average molecular weight is 268 g/mol. The Kier molecular flexibility index (Phi) is 4.26. The zero-order valence-electron chi connectivity index (χ0n) is 12.3. The lowest BCUT2D eigenvalue weighted by molar-refractivity contribution is -0.136. The van der Waals surface area contributed by atoms with Crippen LogP contribution in [0.15, 0.2) is 6.07 Å². The maximum atomic E-state index is 10.7. The highest BCUT2D eigenvalue weighted by Gasteiger charge is 2.25. The van der Waals surface area contributed by atoms with Crippen LogP contribution in [0.3, 0.4) is 0 Å². The Balaban J connectivity index is 3.14. The summed E-state index contributed by atoms with van der Waals surface area (Å²) in [6.45, 7) is 13.2. The van der Waals surface area contributed by atoms with Crippen molar-refractivity contribution in [2.45, 2.75) is 65.2 Å². The number of rotatable bonds is 3. The van der Waals surface area contributed by atoms with Crippen LogP contribution in [0.2, 0.25) is 0 Å². The van der Waals surface area contributed by atoms with Crippen molar-refractivity contribution in [2.24, 2.45) is 0 Å². The molecule has 18 heavy (non-hydrogen) atoms. The zero-order chi connectivity index (χ0) is 14.1. The number of aryl methyl sites for hydroxylation is 1. The van der Waals surface area contributed by atoms with E-state index >= 15 is 0 Å². The van der Waals surface area contributed by atoms with E-state index in [2.05, 4.69) is 47.6 Å². The first-order valence-electron chi connectivity index (χ1n) is 6.37. The zero-order valence-corrected chi connectivity index (χ0v) is 13.1. The van der Waals surface area contributed by atoms with E-state index in [-0.39, 0.29) is 17.3 Å². The largest absolute Gasteiger partial charge is 0.481 e. The molecule has 0 radical (unpaired) electrons. The fourth-order valence-electron chi connectivity index (χ4n) is 1.86. The molecule has 0 aliphatic carbocycles. The van der Waals surface area contributed by atoms with Crippen LogP contribution in [-0.2, 0) is 22.0 Å². The molecule has 0 atom stereocenters. The van der Waals surface area contributed by atoms with Gasteiger partial charge in [0.1, 0.15) is 0 Å². The monoisotopic (exact) mass is 268 g/mol. The Morgan fingerprint density at radius 3 is 2.11 bits per heavy atom. The summed E-state index contributed by atoms with van der Waals surface area (Å²) in [7, 11) is 0. The van der Waals surface area contributed by atoms with Crippen molar-refractivity contribution in [1.82, 2.24) is 0 Å². The molecule has 0 aliphatic rings. The lowest BCUT2D eigenvalue weighted by Gasteiger charge is -2.19. The molecule has 0 fully saturated rings. The van der Waals surface area contributed by atoms with Crippen molar-refractivity contribution in [3.8, 4) is 0 Å². The molecule has 102 valence electrons. The van der Waals surface area contributed by atoms with Gasteiger partial charge in [0.2, 0.25) is 0 Å². The molecule has 2 nitrogen and oxygen atoms in total. The van der Waals surface area contributed by atoms with Crippen LogP contribution >= 0.6 is 11.3 Å². The molecular formula is C15H24O2S. The molecule has 1 heterocycles. The van der Waals surface area contributed by atoms with Gasteiger partial charge in [0, 0.05) is 16.2 Å². The molecule has 1 aromatic heterocycles. The van der Waals surface area contributed by atoms with Gasteiger partial charge in [-0.25, -0.2) is 0 Å². The maximum Gasteiger partial charge on any atom is 0.303 e. The molecule has 3 heteroatoms. The molecule has 0 amide bonds. The molecule has 0 aliphatic heterocycles. The van der Waals surface area contributed by atoms with Gasteiger partial charge in [-0.15, -0.1) is 11.3 Å². The molecule has 0 bridgehead atoms. The van der Waals surface area contributed by atoms with Crippen molar-refractivity contribution in [3.63, 3.8) is 0 Å². The first-order valence-corrected chi connectivity index (χ1v) is 7.19. The topological polar surface area (TPSA) is 37.3 Å². The van der Waals surface area contributed by atoms with Crippen molar-refractivity contribution in [2.75, 3.05) is 0 Å². The molecule has 1 N–H and O–H groups in total. The van der Waals surface area contributed by atoms with Crippen molar-refractivity contribution in [1.29, 1.82) is 0 Å².